The monoisotopic (exact) mass is 284 g/mol. The molecule has 5 nitrogen and oxygen atoms in total. The van der Waals surface area contributed by atoms with Crippen molar-refractivity contribution >= 4 is 11.8 Å². The molecule has 2 rings (SSSR count). The predicted octanol–water partition coefficient (Wildman–Crippen LogP) is 1.48. The fourth-order valence-electron chi connectivity index (χ4n) is 1.74. The van der Waals surface area contributed by atoms with Crippen LogP contribution in [0.4, 0.5) is 0 Å². The molecule has 0 spiro atoms. The Morgan fingerprint density at radius 2 is 1.81 bits per heavy atom. The summed E-state index contributed by atoms with van der Waals surface area (Å²) in [5.74, 6) is -0.401. The van der Waals surface area contributed by atoms with Crippen molar-refractivity contribution in [1.82, 2.24) is 5.32 Å². The van der Waals surface area contributed by atoms with Crippen LogP contribution in [0.25, 0.3) is 0 Å². The number of hydrogen-bond donors (Lipinski definition) is 2. The molecular weight excluding hydrogens is 268 g/mol. The van der Waals surface area contributed by atoms with Gasteiger partial charge in [0, 0.05) is 12.1 Å². The van der Waals surface area contributed by atoms with Gasteiger partial charge in [0.05, 0.1) is 0 Å². The fraction of sp³-hybridized carbons (Fsp3) is 0.125. The highest BCUT2D eigenvalue weighted by Gasteiger charge is 2.10. The van der Waals surface area contributed by atoms with Crippen LogP contribution in [0.2, 0.25) is 0 Å². The van der Waals surface area contributed by atoms with Crippen molar-refractivity contribution in [2.24, 2.45) is 5.73 Å². The third-order valence-electron chi connectivity index (χ3n) is 2.79. The van der Waals surface area contributed by atoms with E-state index >= 15 is 0 Å². The maximum Gasteiger partial charge on any atom is 0.264 e. The standard InChI is InChI=1S/C16H16N2O3/c17-10-12-5-4-8-14(9-12)21-11-15(19)18-16(20)13-6-2-1-3-7-13/h1-9H,10-11,17H2,(H,18,19,20). The third-order valence-corrected chi connectivity index (χ3v) is 2.79. The van der Waals surface area contributed by atoms with E-state index in [1.54, 1.807) is 48.5 Å². The Morgan fingerprint density at radius 1 is 1.05 bits per heavy atom. The van der Waals surface area contributed by atoms with Crippen molar-refractivity contribution in [3.8, 4) is 5.75 Å². The van der Waals surface area contributed by atoms with Gasteiger partial charge >= 0.3 is 0 Å². The molecule has 0 saturated heterocycles. The van der Waals surface area contributed by atoms with E-state index in [2.05, 4.69) is 5.32 Å². The number of carbonyl (C=O) groups is 2. The van der Waals surface area contributed by atoms with Crippen LogP contribution in [-0.4, -0.2) is 18.4 Å². The molecule has 0 heterocycles. The molecule has 108 valence electrons. The van der Waals surface area contributed by atoms with Gasteiger partial charge in [0.15, 0.2) is 6.61 Å². The zero-order valence-electron chi connectivity index (χ0n) is 11.4. The number of rotatable bonds is 5. The lowest BCUT2D eigenvalue weighted by Gasteiger charge is -2.07. The van der Waals surface area contributed by atoms with Gasteiger partial charge in [-0.2, -0.15) is 0 Å². The molecule has 5 heteroatoms. The number of carbonyl (C=O) groups excluding carboxylic acids is 2. The Morgan fingerprint density at radius 3 is 2.52 bits per heavy atom. The summed E-state index contributed by atoms with van der Waals surface area (Å²) in [5.41, 5.74) is 6.86. The van der Waals surface area contributed by atoms with Gasteiger partial charge in [0.1, 0.15) is 5.75 Å². The molecule has 0 fully saturated rings. The Labute approximate surface area is 122 Å². The van der Waals surface area contributed by atoms with Crippen LogP contribution in [0.3, 0.4) is 0 Å². The van der Waals surface area contributed by atoms with E-state index in [-0.39, 0.29) is 6.61 Å². The summed E-state index contributed by atoms with van der Waals surface area (Å²) >= 11 is 0. The second kappa shape index (κ2) is 7.21. The van der Waals surface area contributed by atoms with Gasteiger partial charge in [-0.15, -0.1) is 0 Å². The van der Waals surface area contributed by atoms with E-state index in [0.717, 1.165) is 5.56 Å². The molecule has 0 saturated carbocycles. The maximum absolute atomic E-state index is 11.8. The Hall–Kier alpha value is -2.66. The average Bonchev–Trinajstić information content (AvgIpc) is 2.54. The lowest BCUT2D eigenvalue weighted by Crippen LogP contribution is -2.34. The number of benzene rings is 2. The molecule has 0 bridgehead atoms. The highest BCUT2D eigenvalue weighted by molar-refractivity contribution is 6.05. The molecule has 3 N–H and O–H groups in total. The molecule has 0 radical (unpaired) electrons. The molecule has 2 amide bonds. The van der Waals surface area contributed by atoms with Crippen molar-refractivity contribution in [2.75, 3.05) is 6.61 Å². The van der Waals surface area contributed by atoms with E-state index in [0.29, 0.717) is 17.9 Å². The number of hydrogen-bond acceptors (Lipinski definition) is 4. The molecule has 0 aromatic heterocycles. The summed E-state index contributed by atoms with van der Waals surface area (Å²) in [5, 5.41) is 2.27. The second-order valence-corrected chi connectivity index (χ2v) is 4.38. The Balaban J connectivity index is 1.86. The molecule has 21 heavy (non-hydrogen) atoms. The first-order valence-corrected chi connectivity index (χ1v) is 6.50. The van der Waals surface area contributed by atoms with E-state index in [1.807, 2.05) is 6.07 Å². The number of nitrogens with two attached hydrogens (primary N) is 1. The maximum atomic E-state index is 11.8. The first-order valence-electron chi connectivity index (χ1n) is 6.50. The van der Waals surface area contributed by atoms with Crippen LogP contribution in [0, 0.1) is 0 Å². The minimum Gasteiger partial charge on any atom is -0.484 e. The van der Waals surface area contributed by atoms with Gasteiger partial charge in [0.25, 0.3) is 11.8 Å². The number of amides is 2. The number of ether oxygens (including phenoxy) is 1. The average molecular weight is 284 g/mol. The van der Waals surface area contributed by atoms with Gasteiger partial charge in [-0.05, 0) is 29.8 Å². The summed E-state index contributed by atoms with van der Waals surface area (Å²) < 4.78 is 5.33. The number of nitrogens with one attached hydrogen (secondary N) is 1. The largest absolute Gasteiger partial charge is 0.484 e. The minimum absolute atomic E-state index is 0.230. The molecule has 0 atom stereocenters. The normalized spacial score (nSPS) is 9.95. The zero-order valence-corrected chi connectivity index (χ0v) is 11.4. The lowest BCUT2D eigenvalue weighted by atomic mass is 10.2. The van der Waals surface area contributed by atoms with Gasteiger partial charge in [-0.25, -0.2) is 0 Å². The van der Waals surface area contributed by atoms with Crippen molar-refractivity contribution in [2.45, 2.75) is 6.54 Å². The fourth-order valence-corrected chi connectivity index (χ4v) is 1.74. The van der Waals surface area contributed by atoms with Crippen LogP contribution in [0.5, 0.6) is 5.75 Å². The van der Waals surface area contributed by atoms with E-state index in [1.165, 1.54) is 0 Å². The Bertz CT molecular complexity index is 626. The summed E-state index contributed by atoms with van der Waals surface area (Å²) in [6, 6.07) is 15.7. The van der Waals surface area contributed by atoms with Crippen LogP contribution < -0.4 is 15.8 Å². The summed E-state index contributed by atoms with van der Waals surface area (Å²) in [7, 11) is 0. The van der Waals surface area contributed by atoms with Crippen molar-refractivity contribution in [1.29, 1.82) is 0 Å². The van der Waals surface area contributed by atoms with E-state index in [9.17, 15) is 9.59 Å². The molecule has 2 aromatic rings. The topological polar surface area (TPSA) is 81.4 Å². The van der Waals surface area contributed by atoms with Crippen molar-refractivity contribution in [3.05, 3.63) is 65.7 Å². The zero-order chi connectivity index (χ0) is 15.1. The highest BCUT2D eigenvalue weighted by Crippen LogP contribution is 2.12. The van der Waals surface area contributed by atoms with E-state index < -0.39 is 11.8 Å². The smallest absolute Gasteiger partial charge is 0.264 e. The molecule has 0 aliphatic rings. The minimum atomic E-state index is -0.498. The van der Waals surface area contributed by atoms with Crippen molar-refractivity contribution < 1.29 is 14.3 Å². The molecule has 0 aliphatic heterocycles. The highest BCUT2D eigenvalue weighted by atomic mass is 16.5. The molecule has 0 aliphatic carbocycles. The van der Waals surface area contributed by atoms with E-state index in [4.69, 9.17) is 10.5 Å². The summed E-state index contributed by atoms with van der Waals surface area (Å²) in [4.78, 5) is 23.4. The SMILES string of the molecule is NCc1cccc(OCC(=O)NC(=O)c2ccccc2)c1. The summed E-state index contributed by atoms with van der Waals surface area (Å²) in [6.45, 7) is 0.169. The number of imide groups is 1. The quantitative estimate of drug-likeness (QED) is 0.871. The first-order chi connectivity index (χ1) is 10.2. The van der Waals surface area contributed by atoms with Gasteiger partial charge < -0.3 is 10.5 Å². The Kier molecular flexibility index (Phi) is 5.06. The lowest BCUT2D eigenvalue weighted by molar-refractivity contribution is -0.122. The van der Waals surface area contributed by atoms with Gasteiger partial charge in [0.2, 0.25) is 0 Å². The molecule has 0 unspecified atom stereocenters. The summed E-state index contributed by atoms with van der Waals surface area (Å²) in [6.07, 6.45) is 0. The van der Waals surface area contributed by atoms with Gasteiger partial charge in [-0.1, -0.05) is 30.3 Å². The van der Waals surface area contributed by atoms with Crippen LogP contribution >= 0.6 is 0 Å². The second-order valence-electron chi connectivity index (χ2n) is 4.38. The third kappa shape index (κ3) is 4.43. The first kappa shape index (κ1) is 14.7. The van der Waals surface area contributed by atoms with Crippen molar-refractivity contribution in [3.63, 3.8) is 0 Å². The van der Waals surface area contributed by atoms with Gasteiger partial charge in [-0.3, -0.25) is 14.9 Å². The molecule has 2 aromatic carbocycles. The van der Waals surface area contributed by atoms with Crippen LogP contribution in [-0.2, 0) is 11.3 Å². The predicted molar refractivity (Wildman–Crippen MR) is 78.7 cm³/mol. The molecular formula is C16H16N2O3. The van der Waals surface area contributed by atoms with Crippen LogP contribution in [0.15, 0.2) is 54.6 Å². The van der Waals surface area contributed by atoms with Crippen LogP contribution in [0.1, 0.15) is 15.9 Å².